The van der Waals surface area contributed by atoms with E-state index in [1.54, 1.807) is 12.1 Å². The molecule has 0 N–H and O–H groups in total. The second-order valence-electron chi connectivity index (χ2n) is 3.89. The molecular weight excluding hydrogens is 212 g/mol. The molecule has 1 aliphatic carbocycles. The summed E-state index contributed by atoms with van der Waals surface area (Å²) in [6, 6.07) is 7.29. The zero-order valence-electron chi connectivity index (χ0n) is 8.39. The molecule has 4 heteroatoms. The Morgan fingerprint density at radius 3 is 2.80 bits per heavy atom. The summed E-state index contributed by atoms with van der Waals surface area (Å²) in [5.74, 6) is 1.58. The Morgan fingerprint density at radius 1 is 1.33 bits per heavy atom. The Bertz CT molecular complexity index is 400. The van der Waals surface area contributed by atoms with Crippen LogP contribution < -0.4 is 4.74 Å². The van der Waals surface area contributed by atoms with E-state index in [2.05, 4.69) is 0 Å². The molecule has 1 aliphatic rings. The van der Waals surface area contributed by atoms with Gasteiger partial charge in [-0.1, -0.05) is 12.1 Å². The van der Waals surface area contributed by atoms with Crippen molar-refractivity contribution in [2.75, 3.05) is 6.61 Å². The van der Waals surface area contributed by atoms with Crippen LogP contribution in [0.4, 0.5) is 0 Å². The van der Waals surface area contributed by atoms with Crippen molar-refractivity contribution in [3.8, 4) is 5.75 Å². The summed E-state index contributed by atoms with van der Waals surface area (Å²) in [4.78, 5) is 0. The van der Waals surface area contributed by atoms with Crippen molar-refractivity contribution in [3.05, 3.63) is 29.8 Å². The van der Waals surface area contributed by atoms with E-state index in [9.17, 15) is 8.42 Å². The fourth-order valence-corrected chi connectivity index (χ4v) is 1.88. The number of benzene rings is 1. The van der Waals surface area contributed by atoms with E-state index in [4.69, 9.17) is 4.74 Å². The summed E-state index contributed by atoms with van der Waals surface area (Å²) in [6.07, 6.45) is 2.51. The molecule has 1 aromatic carbocycles. The van der Waals surface area contributed by atoms with Crippen LogP contribution in [-0.4, -0.2) is 15.0 Å². The molecule has 3 nitrogen and oxygen atoms in total. The first-order valence-corrected chi connectivity index (χ1v) is 6.44. The van der Waals surface area contributed by atoms with Gasteiger partial charge in [0.2, 0.25) is 0 Å². The van der Waals surface area contributed by atoms with Gasteiger partial charge >= 0.3 is 0 Å². The zero-order chi connectivity index (χ0) is 10.7. The second kappa shape index (κ2) is 4.66. The Balaban J connectivity index is 1.97. The average molecular weight is 226 g/mol. The Morgan fingerprint density at radius 2 is 2.13 bits per heavy atom. The first-order chi connectivity index (χ1) is 7.24. The third-order valence-electron chi connectivity index (χ3n) is 2.39. The topological polar surface area (TPSA) is 43.4 Å². The largest absolute Gasteiger partial charge is 0.493 e. The van der Waals surface area contributed by atoms with Crippen molar-refractivity contribution in [1.82, 2.24) is 0 Å². The highest BCUT2D eigenvalue weighted by Gasteiger charge is 2.21. The Hall–Kier alpha value is -1.03. The molecule has 1 aromatic rings. The summed E-state index contributed by atoms with van der Waals surface area (Å²) in [7, 11) is -2.35. The molecule has 0 atom stereocenters. The maximum atomic E-state index is 10.6. The van der Waals surface area contributed by atoms with Gasteiger partial charge in [-0.3, -0.25) is 0 Å². The van der Waals surface area contributed by atoms with Gasteiger partial charge in [0.05, 0.1) is 12.4 Å². The van der Waals surface area contributed by atoms with Crippen molar-refractivity contribution >= 4 is 10.7 Å². The lowest BCUT2D eigenvalue weighted by molar-refractivity contribution is 0.299. The third kappa shape index (κ3) is 3.55. The van der Waals surface area contributed by atoms with Gasteiger partial charge in [-0.15, -0.1) is 0 Å². The van der Waals surface area contributed by atoms with Gasteiger partial charge in [0, 0.05) is 0 Å². The lowest BCUT2D eigenvalue weighted by atomic mass is 10.2. The van der Waals surface area contributed by atoms with Gasteiger partial charge in [-0.2, -0.15) is 0 Å². The number of ether oxygens (including phenoxy) is 1. The van der Waals surface area contributed by atoms with Crippen molar-refractivity contribution in [2.24, 2.45) is 5.92 Å². The molecule has 15 heavy (non-hydrogen) atoms. The van der Waals surface area contributed by atoms with Crippen molar-refractivity contribution in [3.63, 3.8) is 0 Å². The van der Waals surface area contributed by atoms with Gasteiger partial charge in [0.1, 0.15) is 16.5 Å². The first-order valence-electron chi connectivity index (χ1n) is 5.07. The summed E-state index contributed by atoms with van der Waals surface area (Å²) < 4.78 is 26.7. The quantitative estimate of drug-likeness (QED) is 0.775. The molecule has 0 unspecified atom stereocenters. The van der Waals surface area contributed by atoms with Crippen molar-refractivity contribution in [2.45, 2.75) is 18.6 Å². The van der Waals surface area contributed by atoms with Crippen LogP contribution >= 0.6 is 0 Å². The summed E-state index contributed by atoms with van der Waals surface area (Å²) in [5.41, 5.74) is 0.791. The lowest BCUT2D eigenvalue weighted by Gasteiger charge is -2.05. The minimum atomic E-state index is -2.35. The molecule has 0 aromatic heterocycles. The van der Waals surface area contributed by atoms with Gasteiger partial charge in [-0.05, 0) is 36.5 Å². The van der Waals surface area contributed by atoms with E-state index in [1.807, 2.05) is 12.1 Å². The number of hydrogen-bond donors (Lipinski definition) is 1. The molecule has 1 fully saturated rings. The fraction of sp³-hybridized carbons (Fsp3) is 0.455. The highest BCUT2D eigenvalue weighted by Crippen LogP contribution is 2.29. The Labute approximate surface area is 91.0 Å². The van der Waals surface area contributed by atoms with E-state index >= 15 is 0 Å². The molecule has 1 saturated carbocycles. The van der Waals surface area contributed by atoms with Crippen LogP contribution in [0.2, 0.25) is 0 Å². The maximum absolute atomic E-state index is 10.6. The molecule has 0 spiro atoms. The summed E-state index contributed by atoms with van der Waals surface area (Å²) in [5, 5.41) is 0. The summed E-state index contributed by atoms with van der Waals surface area (Å²) in [6.45, 7) is 0.757. The zero-order valence-corrected chi connectivity index (χ0v) is 9.28. The van der Waals surface area contributed by atoms with Gasteiger partial charge in [-0.25, -0.2) is 8.42 Å². The number of hydrogen-bond acceptors (Lipinski definition) is 3. The monoisotopic (exact) mass is 226 g/mol. The normalized spacial score (nSPS) is 15.5. The van der Waals surface area contributed by atoms with Crippen molar-refractivity contribution in [1.29, 1.82) is 0 Å². The third-order valence-corrected chi connectivity index (χ3v) is 3.02. The van der Waals surface area contributed by atoms with Crippen LogP contribution in [-0.2, 0) is 16.5 Å². The fourth-order valence-electron chi connectivity index (χ4n) is 1.38. The van der Waals surface area contributed by atoms with Gasteiger partial charge in [0.25, 0.3) is 0 Å². The molecule has 2 rings (SSSR count). The molecule has 0 aliphatic heterocycles. The molecule has 0 bridgehead atoms. The van der Waals surface area contributed by atoms with Crippen LogP contribution in [0.3, 0.4) is 0 Å². The average Bonchev–Trinajstić information content (AvgIpc) is 2.97. The van der Waals surface area contributed by atoms with Crippen LogP contribution in [0, 0.1) is 5.92 Å². The van der Waals surface area contributed by atoms with E-state index in [0.29, 0.717) is 5.92 Å². The van der Waals surface area contributed by atoms with E-state index < -0.39 is 10.7 Å². The SMILES string of the molecule is O=[SH](=O)Cc1cccc(OCC2CC2)c1. The molecule has 0 radical (unpaired) electrons. The van der Waals surface area contributed by atoms with Crippen LogP contribution in [0.25, 0.3) is 0 Å². The molecule has 0 amide bonds. The smallest absolute Gasteiger partial charge is 0.144 e. The summed E-state index contributed by atoms with van der Waals surface area (Å²) >= 11 is 0. The lowest BCUT2D eigenvalue weighted by Crippen LogP contribution is -1.99. The minimum Gasteiger partial charge on any atom is -0.493 e. The van der Waals surface area contributed by atoms with E-state index in [1.165, 1.54) is 12.8 Å². The molecule has 0 heterocycles. The predicted octanol–water partition coefficient (Wildman–Crippen LogP) is 1.59. The van der Waals surface area contributed by atoms with Crippen LogP contribution in [0.1, 0.15) is 18.4 Å². The van der Waals surface area contributed by atoms with Crippen molar-refractivity contribution < 1.29 is 13.2 Å². The van der Waals surface area contributed by atoms with Crippen LogP contribution in [0.15, 0.2) is 24.3 Å². The molecule has 0 saturated heterocycles. The molecular formula is C11H14O3S. The minimum absolute atomic E-state index is 0.0932. The van der Waals surface area contributed by atoms with E-state index in [0.717, 1.165) is 17.9 Å². The highest BCUT2D eigenvalue weighted by atomic mass is 32.2. The van der Waals surface area contributed by atoms with E-state index in [-0.39, 0.29) is 5.75 Å². The Kier molecular flexibility index (Phi) is 3.26. The number of rotatable bonds is 5. The standard InChI is InChI=1S/C11H14O3S/c12-15(13)8-10-2-1-3-11(6-10)14-7-9-4-5-9/h1-3,6,9,15H,4-5,7-8H2. The number of thiol groups is 1. The van der Waals surface area contributed by atoms with Gasteiger partial charge < -0.3 is 4.74 Å². The molecule has 82 valence electrons. The predicted molar refractivity (Wildman–Crippen MR) is 58.7 cm³/mol. The second-order valence-corrected chi connectivity index (χ2v) is 4.87. The maximum Gasteiger partial charge on any atom is 0.144 e. The van der Waals surface area contributed by atoms with Crippen LogP contribution in [0.5, 0.6) is 5.75 Å². The first kappa shape index (κ1) is 10.5. The highest BCUT2D eigenvalue weighted by molar-refractivity contribution is 7.71. The van der Waals surface area contributed by atoms with Gasteiger partial charge in [0.15, 0.2) is 0 Å².